The monoisotopic (exact) mass is 495 g/mol. The van der Waals surface area contributed by atoms with Crippen molar-refractivity contribution in [1.82, 2.24) is 20.2 Å². The van der Waals surface area contributed by atoms with E-state index >= 15 is 0 Å². The highest BCUT2D eigenvalue weighted by Gasteiger charge is 2.24. The number of nitrogens with zero attached hydrogens (tertiary/aromatic N) is 3. The first-order valence-electron chi connectivity index (χ1n) is 13.1. The Morgan fingerprint density at radius 2 is 1.70 bits per heavy atom. The number of aromatic nitrogens is 2. The van der Waals surface area contributed by atoms with Crippen LogP contribution in [-0.2, 0) is 0 Å². The number of hydrogen-bond acceptors (Lipinski definition) is 5. The normalized spacial score (nSPS) is 20.4. The smallest absolute Gasteiger partial charge is 0.251 e. The molecule has 1 saturated heterocycles. The van der Waals surface area contributed by atoms with E-state index in [9.17, 15) is 9.90 Å². The lowest BCUT2D eigenvalue weighted by Gasteiger charge is -2.34. The number of aromatic amines is 1. The average Bonchev–Trinajstić information content (AvgIpc) is 3.54. The van der Waals surface area contributed by atoms with E-state index in [0.29, 0.717) is 12.0 Å². The second-order valence-corrected chi connectivity index (χ2v) is 10.4. The number of hydrogen-bond donors (Lipinski definition) is 3. The molecule has 3 N–H and O–H groups in total. The fourth-order valence-corrected chi connectivity index (χ4v) is 5.49. The van der Waals surface area contributed by atoms with Crippen LogP contribution in [0.15, 0.2) is 67.0 Å². The Morgan fingerprint density at radius 1 is 0.973 bits per heavy atom. The molecular formula is C30H33N5O2. The molecule has 0 bridgehead atoms. The summed E-state index contributed by atoms with van der Waals surface area (Å²) in [5.41, 5.74) is 7.05. The first-order chi connectivity index (χ1) is 18.0. The maximum atomic E-state index is 12.6. The molecule has 7 nitrogen and oxygen atoms in total. The van der Waals surface area contributed by atoms with Crippen LogP contribution in [-0.4, -0.2) is 71.3 Å². The highest BCUT2D eigenvalue weighted by atomic mass is 16.3. The van der Waals surface area contributed by atoms with E-state index in [2.05, 4.69) is 62.5 Å². The molecule has 1 aliphatic heterocycles. The predicted octanol–water partition coefficient (Wildman–Crippen LogP) is 4.29. The van der Waals surface area contributed by atoms with E-state index in [1.165, 1.54) is 5.69 Å². The number of anilines is 1. The first-order valence-corrected chi connectivity index (χ1v) is 13.1. The van der Waals surface area contributed by atoms with Crippen LogP contribution < -0.4 is 10.2 Å². The largest absolute Gasteiger partial charge is 0.393 e. The van der Waals surface area contributed by atoms with Gasteiger partial charge >= 0.3 is 0 Å². The molecule has 3 heterocycles. The summed E-state index contributed by atoms with van der Waals surface area (Å²) in [6.07, 6.45) is 5.80. The van der Waals surface area contributed by atoms with Gasteiger partial charge in [0.2, 0.25) is 0 Å². The molecule has 0 radical (unpaired) electrons. The van der Waals surface area contributed by atoms with Gasteiger partial charge in [0, 0.05) is 72.4 Å². The molecule has 0 spiro atoms. The van der Waals surface area contributed by atoms with Crippen molar-refractivity contribution in [3.8, 4) is 22.3 Å². The molecule has 37 heavy (non-hydrogen) atoms. The minimum Gasteiger partial charge on any atom is -0.393 e. The Bertz CT molecular complexity index is 1390. The van der Waals surface area contributed by atoms with Gasteiger partial charge in [0.15, 0.2) is 0 Å². The van der Waals surface area contributed by atoms with Gasteiger partial charge < -0.3 is 25.2 Å². The molecule has 1 saturated carbocycles. The number of amides is 1. The van der Waals surface area contributed by atoms with Gasteiger partial charge in [-0.3, -0.25) is 4.79 Å². The number of aliphatic hydroxyl groups excluding tert-OH is 1. The molecule has 2 unspecified atom stereocenters. The molecule has 4 aromatic rings. The number of benzene rings is 2. The fraction of sp³-hybridized carbons (Fsp3) is 0.333. The predicted molar refractivity (Wildman–Crippen MR) is 148 cm³/mol. The number of carbonyl (C=O) groups excluding carboxylic acids is 1. The van der Waals surface area contributed by atoms with Gasteiger partial charge in [-0.15, -0.1) is 0 Å². The lowest BCUT2D eigenvalue weighted by atomic mass is 10.0. The molecule has 1 aliphatic carbocycles. The van der Waals surface area contributed by atoms with Crippen molar-refractivity contribution >= 4 is 22.6 Å². The topological polar surface area (TPSA) is 84.5 Å². The average molecular weight is 496 g/mol. The van der Waals surface area contributed by atoms with Crippen molar-refractivity contribution < 1.29 is 9.90 Å². The van der Waals surface area contributed by atoms with Gasteiger partial charge in [-0.1, -0.05) is 24.3 Å². The van der Waals surface area contributed by atoms with Gasteiger partial charge in [-0.05, 0) is 67.8 Å². The number of likely N-dealkylation sites (N-methyl/N-ethyl adjacent to an activating group) is 1. The summed E-state index contributed by atoms with van der Waals surface area (Å²) in [6.45, 7) is 4.30. The lowest BCUT2D eigenvalue weighted by Crippen LogP contribution is -2.44. The summed E-state index contributed by atoms with van der Waals surface area (Å²) in [4.78, 5) is 25.4. The van der Waals surface area contributed by atoms with Gasteiger partial charge in [-0.2, -0.15) is 0 Å². The SMILES string of the molecule is CN1CCN(c2ccc(-c3cnc4[nH]cc(-c5ccc(C(=O)NC6CCC(O)C6)cc5)c4c3)cc2)CC1. The van der Waals surface area contributed by atoms with Crippen LogP contribution in [0.1, 0.15) is 29.6 Å². The van der Waals surface area contributed by atoms with E-state index < -0.39 is 0 Å². The zero-order valence-corrected chi connectivity index (χ0v) is 21.2. The Hall–Kier alpha value is -3.68. The highest BCUT2D eigenvalue weighted by Crippen LogP contribution is 2.32. The quantitative estimate of drug-likeness (QED) is 0.385. The third-order valence-corrected chi connectivity index (χ3v) is 7.80. The second-order valence-electron chi connectivity index (χ2n) is 10.4. The van der Waals surface area contributed by atoms with E-state index in [0.717, 1.165) is 72.3 Å². The highest BCUT2D eigenvalue weighted by molar-refractivity contribution is 5.98. The third kappa shape index (κ3) is 4.97. The van der Waals surface area contributed by atoms with Crippen molar-refractivity contribution in [2.45, 2.75) is 31.4 Å². The van der Waals surface area contributed by atoms with Crippen LogP contribution in [0, 0.1) is 0 Å². The Balaban J connectivity index is 1.20. The summed E-state index contributed by atoms with van der Waals surface area (Å²) < 4.78 is 0. The number of pyridine rings is 1. The van der Waals surface area contributed by atoms with E-state index in [1.54, 1.807) is 0 Å². The second kappa shape index (κ2) is 10.00. The van der Waals surface area contributed by atoms with Crippen molar-refractivity contribution in [2.75, 3.05) is 38.1 Å². The van der Waals surface area contributed by atoms with Crippen LogP contribution in [0.4, 0.5) is 5.69 Å². The summed E-state index contributed by atoms with van der Waals surface area (Å²) >= 11 is 0. The molecule has 2 fully saturated rings. The van der Waals surface area contributed by atoms with Crippen molar-refractivity contribution in [1.29, 1.82) is 0 Å². The molecule has 1 amide bonds. The zero-order chi connectivity index (χ0) is 25.4. The lowest BCUT2D eigenvalue weighted by molar-refractivity contribution is 0.0934. The Morgan fingerprint density at radius 3 is 2.41 bits per heavy atom. The minimum absolute atomic E-state index is 0.0518. The van der Waals surface area contributed by atoms with Crippen molar-refractivity contribution in [3.63, 3.8) is 0 Å². The molecule has 6 rings (SSSR count). The summed E-state index contributed by atoms with van der Waals surface area (Å²) in [7, 11) is 2.17. The summed E-state index contributed by atoms with van der Waals surface area (Å²) in [6, 6.07) is 18.7. The third-order valence-electron chi connectivity index (χ3n) is 7.80. The summed E-state index contributed by atoms with van der Waals surface area (Å²) in [5, 5.41) is 13.8. The van der Waals surface area contributed by atoms with E-state index in [-0.39, 0.29) is 18.1 Å². The number of aliphatic hydroxyl groups is 1. The maximum absolute atomic E-state index is 12.6. The Kier molecular flexibility index (Phi) is 6.40. The fourth-order valence-electron chi connectivity index (χ4n) is 5.49. The van der Waals surface area contributed by atoms with E-state index in [4.69, 9.17) is 0 Å². The molecule has 7 heteroatoms. The number of nitrogens with one attached hydrogen (secondary N) is 2. The minimum atomic E-state index is -0.303. The van der Waals surface area contributed by atoms with E-state index in [1.807, 2.05) is 36.7 Å². The van der Waals surface area contributed by atoms with Crippen molar-refractivity contribution in [3.05, 3.63) is 72.6 Å². The van der Waals surface area contributed by atoms with Crippen LogP contribution in [0.3, 0.4) is 0 Å². The number of fused-ring (bicyclic) bond motifs is 1. The van der Waals surface area contributed by atoms with Crippen LogP contribution in [0.5, 0.6) is 0 Å². The van der Waals surface area contributed by atoms with Crippen molar-refractivity contribution in [2.24, 2.45) is 0 Å². The number of carbonyl (C=O) groups is 1. The Labute approximate surface area is 217 Å². The number of H-pyrrole nitrogens is 1. The number of piperazine rings is 1. The first kappa shape index (κ1) is 23.7. The van der Waals surface area contributed by atoms with Gasteiger partial charge in [0.25, 0.3) is 5.91 Å². The summed E-state index contributed by atoms with van der Waals surface area (Å²) in [5.74, 6) is -0.0893. The molecule has 2 aromatic carbocycles. The molecule has 2 atom stereocenters. The van der Waals surface area contributed by atoms with Crippen LogP contribution in [0.2, 0.25) is 0 Å². The number of rotatable bonds is 5. The van der Waals surface area contributed by atoms with Crippen LogP contribution in [0.25, 0.3) is 33.3 Å². The molecular weight excluding hydrogens is 462 g/mol. The van der Waals surface area contributed by atoms with Crippen LogP contribution >= 0.6 is 0 Å². The molecule has 2 aliphatic rings. The zero-order valence-electron chi connectivity index (χ0n) is 21.2. The van der Waals surface area contributed by atoms with Gasteiger partial charge in [-0.25, -0.2) is 4.98 Å². The maximum Gasteiger partial charge on any atom is 0.251 e. The molecule has 190 valence electrons. The van der Waals surface area contributed by atoms with Gasteiger partial charge in [0.1, 0.15) is 5.65 Å². The molecule has 2 aromatic heterocycles. The van der Waals surface area contributed by atoms with Gasteiger partial charge in [0.05, 0.1) is 6.10 Å². The standard InChI is InChI=1S/C30H33N5O2/c1-34-12-14-35(15-13-34)25-9-6-20(7-10-25)23-16-27-28(19-32-29(27)31-18-23)21-2-4-22(5-3-21)30(37)33-24-8-11-26(36)17-24/h2-7,9-10,16,18-19,24,26,36H,8,11-15,17H2,1H3,(H,31,32)(H,33,37).